The number of nitrogens with zero attached hydrogens (tertiary/aromatic N) is 2. The average Bonchev–Trinajstić information content (AvgIpc) is 2.94. The molecule has 1 aliphatic rings. The van der Waals surface area contributed by atoms with Crippen LogP contribution < -0.4 is 15.4 Å². The van der Waals surface area contributed by atoms with Crippen LogP contribution in [0, 0.1) is 5.92 Å². The molecule has 6 nitrogen and oxygen atoms in total. The first-order chi connectivity index (χ1) is 18.2. The van der Waals surface area contributed by atoms with E-state index in [0.29, 0.717) is 17.9 Å². The van der Waals surface area contributed by atoms with Crippen LogP contribution in [-0.2, 0) is 6.42 Å². The lowest BCUT2D eigenvalue weighted by Gasteiger charge is -2.32. The fourth-order valence-corrected chi connectivity index (χ4v) is 5.10. The number of piperidine rings is 1. The molecule has 1 aromatic heterocycles. The molecule has 1 saturated heterocycles. The number of benzene rings is 3. The smallest absolute Gasteiger partial charge is 0.252 e. The van der Waals surface area contributed by atoms with Crippen molar-refractivity contribution in [2.45, 2.75) is 19.3 Å². The molecule has 1 aliphatic heterocycles. The molecular formula is C31H34N4O2. The van der Waals surface area contributed by atoms with E-state index < -0.39 is 0 Å². The van der Waals surface area contributed by atoms with Gasteiger partial charge in [-0.05, 0) is 68.1 Å². The molecule has 3 aromatic carbocycles. The van der Waals surface area contributed by atoms with E-state index in [1.54, 1.807) is 7.11 Å². The second-order valence-corrected chi connectivity index (χ2v) is 9.63. The van der Waals surface area contributed by atoms with E-state index in [0.717, 1.165) is 54.3 Å². The minimum atomic E-state index is -0.0827. The predicted octanol–water partition coefficient (Wildman–Crippen LogP) is 5.67. The third-order valence-corrected chi connectivity index (χ3v) is 7.12. The lowest BCUT2D eigenvalue weighted by atomic mass is 9.90. The fraction of sp³-hybridized carbons (Fsp3) is 0.290. The van der Waals surface area contributed by atoms with Gasteiger partial charge in [-0.2, -0.15) is 0 Å². The van der Waals surface area contributed by atoms with Crippen LogP contribution in [0.15, 0.2) is 84.9 Å². The van der Waals surface area contributed by atoms with Gasteiger partial charge >= 0.3 is 0 Å². The molecule has 0 unspecified atom stereocenters. The van der Waals surface area contributed by atoms with Gasteiger partial charge in [0.2, 0.25) is 0 Å². The molecule has 0 atom stereocenters. The Balaban J connectivity index is 1.19. The summed E-state index contributed by atoms with van der Waals surface area (Å²) in [5.74, 6) is 1.98. The first kappa shape index (κ1) is 24.8. The molecule has 1 amide bonds. The maximum atomic E-state index is 13.3. The number of likely N-dealkylation sites (tertiary alicyclic amines) is 1. The number of carbonyl (C=O) groups excluding carboxylic acids is 1. The summed E-state index contributed by atoms with van der Waals surface area (Å²) in [7, 11) is 1.64. The lowest BCUT2D eigenvalue weighted by Crippen LogP contribution is -2.40. The van der Waals surface area contributed by atoms with E-state index in [-0.39, 0.29) is 5.91 Å². The number of anilines is 2. The van der Waals surface area contributed by atoms with Gasteiger partial charge in [0.15, 0.2) is 0 Å². The van der Waals surface area contributed by atoms with Gasteiger partial charge < -0.3 is 20.3 Å². The third-order valence-electron chi connectivity index (χ3n) is 7.12. The molecule has 2 N–H and O–H groups in total. The summed E-state index contributed by atoms with van der Waals surface area (Å²) in [5.41, 5.74) is 3.62. The van der Waals surface area contributed by atoms with Crippen molar-refractivity contribution < 1.29 is 9.53 Å². The van der Waals surface area contributed by atoms with Crippen LogP contribution >= 0.6 is 0 Å². The number of nitrogens with one attached hydrogen (secondary N) is 2. The van der Waals surface area contributed by atoms with E-state index in [4.69, 9.17) is 9.72 Å². The van der Waals surface area contributed by atoms with E-state index in [2.05, 4.69) is 45.9 Å². The van der Waals surface area contributed by atoms with E-state index in [1.165, 1.54) is 18.4 Å². The van der Waals surface area contributed by atoms with Crippen molar-refractivity contribution in [2.24, 2.45) is 5.92 Å². The topological polar surface area (TPSA) is 66.5 Å². The highest BCUT2D eigenvalue weighted by Crippen LogP contribution is 2.28. The van der Waals surface area contributed by atoms with Crippen LogP contribution in [0.2, 0.25) is 0 Å². The normalized spacial score (nSPS) is 14.4. The maximum Gasteiger partial charge on any atom is 0.252 e. The Hall–Kier alpha value is -3.90. The minimum absolute atomic E-state index is 0.0827. The summed E-state index contributed by atoms with van der Waals surface area (Å²) in [5, 5.41) is 7.30. The van der Waals surface area contributed by atoms with Crippen LogP contribution in [0.5, 0.6) is 5.75 Å². The molecule has 0 saturated carbocycles. The highest BCUT2D eigenvalue weighted by atomic mass is 16.5. The SMILES string of the molecule is COc1ccccc1Nc1cc(C(=O)NCCN2CCC(Cc3ccccc3)CC2)c2ccccc2n1. The Morgan fingerprint density at radius 3 is 2.51 bits per heavy atom. The number of aromatic nitrogens is 1. The number of hydrogen-bond acceptors (Lipinski definition) is 5. The summed E-state index contributed by atoms with van der Waals surface area (Å²) < 4.78 is 5.46. The molecule has 1 fully saturated rings. The maximum absolute atomic E-state index is 13.3. The molecule has 4 aromatic rings. The minimum Gasteiger partial charge on any atom is -0.495 e. The Bertz CT molecular complexity index is 1330. The Labute approximate surface area is 218 Å². The lowest BCUT2D eigenvalue weighted by molar-refractivity contribution is 0.0945. The molecule has 37 heavy (non-hydrogen) atoms. The monoisotopic (exact) mass is 494 g/mol. The number of carbonyl (C=O) groups is 1. The van der Waals surface area contributed by atoms with Crippen LogP contribution in [0.4, 0.5) is 11.5 Å². The molecule has 2 heterocycles. The zero-order chi connectivity index (χ0) is 25.5. The zero-order valence-corrected chi connectivity index (χ0v) is 21.3. The highest BCUT2D eigenvalue weighted by Gasteiger charge is 2.20. The van der Waals surface area contributed by atoms with Crippen molar-refractivity contribution in [1.82, 2.24) is 15.2 Å². The number of fused-ring (bicyclic) bond motifs is 1. The predicted molar refractivity (Wildman–Crippen MR) is 150 cm³/mol. The number of methoxy groups -OCH3 is 1. The largest absolute Gasteiger partial charge is 0.495 e. The second kappa shape index (κ2) is 11.9. The highest BCUT2D eigenvalue weighted by molar-refractivity contribution is 6.07. The molecule has 190 valence electrons. The number of pyridine rings is 1. The number of rotatable bonds is 9. The van der Waals surface area contributed by atoms with Crippen molar-refractivity contribution in [1.29, 1.82) is 0 Å². The van der Waals surface area contributed by atoms with E-state index in [9.17, 15) is 4.79 Å². The van der Waals surface area contributed by atoms with Gasteiger partial charge in [-0.3, -0.25) is 4.79 Å². The van der Waals surface area contributed by atoms with Gasteiger partial charge in [0, 0.05) is 18.5 Å². The van der Waals surface area contributed by atoms with E-state index in [1.807, 2.05) is 54.6 Å². The van der Waals surface area contributed by atoms with Crippen molar-refractivity contribution in [3.8, 4) is 5.75 Å². The first-order valence-corrected chi connectivity index (χ1v) is 13.0. The molecule has 0 spiro atoms. The molecule has 0 bridgehead atoms. The second-order valence-electron chi connectivity index (χ2n) is 9.63. The van der Waals surface area contributed by atoms with Gasteiger partial charge in [0.1, 0.15) is 11.6 Å². The van der Waals surface area contributed by atoms with Gasteiger partial charge in [0.05, 0.1) is 23.9 Å². The zero-order valence-electron chi connectivity index (χ0n) is 21.3. The van der Waals surface area contributed by atoms with Crippen molar-refractivity contribution in [3.05, 3.63) is 96.1 Å². The van der Waals surface area contributed by atoms with Crippen LogP contribution in [0.3, 0.4) is 0 Å². The number of amides is 1. The fourth-order valence-electron chi connectivity index (χ4n) is 5.10. The standard InChI is InChI=1S/C31H34N4O2/c1-37-29-14-8-7-13-28(29)34-30-22-26(25-11-5-6-12-27(25)33-30)31(36)32-17-20-35-18-15-24(16-19-35)21-23-9-3-2-4-10-23/h2-14,22,24H,15-21H2,1H3,(H,32,36)(H,33,34). The summed E-state index contributed by atoms with van der Waals surface area (Å²) in [6.07, 6.45) is 3.57. The quantitative estimate of drug-likeness (QED) is 0.314. The molecule has 0 radical (unpaired) electrons. The van der Waals surface area contributed by atoms with E-state index >= 15 is 0 Å². The Morgan fingerprint density at radius 2 is 1.70 bits per heavy atom. The summed E-state index contributed by atoms with van der Waals surface area (Å²) in [4.78, 5) is 20.5. The number of para-hydroxylation sites is 3. The molecule has 6 heteroatoms. The van der Waals surface area contributed by atoms with Crippen molar-refractivity contribution >= 4 is 28.3 Å². The Morgan fingerprint density at radius 1 is 0.973 bits per heavy atom. The van der Waals surface area contributed by atoms with Crippen molar-refractivity contribution in [3.63, 3.8) is 0 Å². The average molecular weight is 495 g/mol. The molecule has 0 aliphatic carbocycles. The van der Waals surface area contributed by atoms with Crippen LogP contribution in [0.25, 0.3) is 10.9 Å². The number of ether oxygens (including phenoxy) is 1. The van der Waals surface area contributed by atoms with Gasteiger partial charge in [-0.15, -0.1) is 0 Å². The summed E-state index contributed by atoms with van der Waals surface area (Å²) >= 11 is 0. The summed E-state index contributed by atoms with van der Waals surface area (Å²) in [6, 6.07) is 28.0. The number of hydrogen-bond donors (Lipinski definition) is 2. The molecule has 5 rings (SSSR count). The van der Waals surface area contributed by atoms with Crippen LogP contribution in [-0.4, -0.2) is 49.1 Å². The molecular weight excluding hydrogens is 460 g/mol. The van der Waals surface area contributed by atoms with Gasteiger partial charge in [-0.25, -0.2) is 4.98 Å². The van der Waals surface area contributed by atoms with Crippen molar-refractivity contribution in [2.75, 3.05) is 38.6 Å². The van der Waals surface area contributed by atoms with Crippen LogP contribution in [0.1, 0.15) is 28.8 Å². The third kappa shape index (κ3) is 6.27. The summed E-state index contributed by atoms with van der Waals surface area (Å²) in [6.45, 7) is 3.64. The Kier molecular flexibility index (Phi) is 7.96. The van der Waals surface area contributed by atoms with Gasteiger partial charge in [-0.1, -0.05) is 60.7 Å². The van der Waals surface area contributed by atoms with Gasteiger partial charge in [0.25, 0.3) is 5.91 Å². The first-order valence-electron chi connectivity index (χ1n) is 13.0.